The van der Waals surface area contributed by atoms with Crippen LogP contribution < -0.4 is 16.2 Å². The molecule has 3 N–H and O–H groups in total. The van der Waals surface area contributed by atoms with Gasteiger partial charge in [-0.2, -0.15) is 0 Å². The van der Waals surface area contributed by atoms with Crippen molar-refractivity contribution in [3.05, 3.63) is 58.9 Å². The highest BCUT2D eigenvalue weighted by atomic mass is 16.3. The maximum atomic E-state index is 11.0. The van der Waals surface area contributed by atoms with Gasteiger partial charge < -0.3 is 20.0 Å². The van der Waals surface area contributed by atoms with Crippen LogP contribution in [0.3, 0.4) is 0 Å². The highest BCUT2D eigenvalue weighted by molar-refractivity contribution is 5.99. The van der Waals surface area contributed by atoms with Crippen molar-refractivity contribution < 1.29 is 4.42 Å². The standard InChI is InChI=1S/C13H12N4O2/c14-13-16-10(11-2-1-7-19-11)5-6-17(13)9-3-4-12(18)15-8-9/h1-5,7-8H,6H2,(H2,14,16)(H,15,18). The lowest BCUT2D eigenvalue weighted by molar-refractivity contribution is 0.551. The van der Waals surface area contributed by atoms with Crippen molar-refractivity contribution in [1.29, 1.82) is 0 Å². The molecule has 0 fully saturated rings. The molecule has 0 saturated carbocycles. The summed E-state index contributed by atoms with van der Waals surface area (Å²) in [6.45, 7) is 0.567. The first-order valence-electron chi connectivity index (χ1n) is 5.78. The molecule has 0 aromatic carbocycles. The summed E-state index contributed by atoms with van der Waals surface area (Å²) in [7, 11) is 0. The van der Waals surface area contributed by atoms with Gasteiger partial charge in [0.1, 0.15) is 5.70 Å². The van der Waals surface area contributed by atoms with Crippen molar-refractivity contribution in [3.63, 3.8) is 0 Å². The van der Waals surface area contributed by atoms with Crippen LogP contribution in [0.5, 0.6) is 0 Å². The third-order valence-corrected chi connectivity index (χ3v) is 2.83. The number of rotatable bonds is 2. The summed E-state index contributed by atoms with van der Waals surface area (Å²) in [6, 6.07) is 6.79. The molecule has 0 radical (unpaired) electrons. The van der Waals surface area contributed by atoms with Gasteiger partial charge in [-0.15, -0.1) is 0 Å². The highest BCUT2D eigenvalue weighted by Gasteiger charge is 2.17. The lowest BCUT2D eigenvalue weighted by Gasteiger charge is -2.25. The second-order valence-corrected chi connectivity index (χ2v) is 4.06. The average Bonchev–Trinajstić information content (AvgIpc) is 2.94. The van der Waals surface area contributed by atoms with Gasteiger partial charge in [-0.3, -0.25) is 4.79 Å². The summed E-state index contributed by atoms with van der Waals surface area (Å²) in [5.41, 5.74) is 7.30. The molecule has 0 spiro atoms. The molecule has 0 amide bonds. The van der Waals surface area contributed by atoms with E-state index in [1.54, 1.807) is 29.5 Å². The predicted molar refractivity (Wildman–Crippen MR) is 72.7 cm³/mol. The van der Waals surface area contributed by atoms with Gasteiger partial charge in [-0.05, 0) is 24.3 Å². The molecule has 3 heterocycles. The largest absolute Gasteiger partial charge is 0.463 e. The van der Waals surface area contributed by atoms with E-state index in [0.717, 1.165) is 5.69 Å². The molecule has 2 aromatic heterocycles. The first kappa shape index (κ1) is 11.3. The van der Waals surface area contributed by atoms with Crippen LogP contribution >= 0.6 is 0 Å². The number of nitrogens with zero attached hydrogens (tertiary/aromatic N) is 2. The Balaban J connectivity index is 1.88. The minimum atomic E-state index is -0.150. The van der Waals surface area contributed by atoms with E-state index in [9.17, 15) is 4.79 Å². The van der Waals surface area contributed by atoms with Crippen LogP contribution in [0, 0.1) is 0 Å². The Kier molecular flexibility index (Phi) is 2.68. The zero-order valence-electron chi connectivity index (χ0n) is 10.0. The molecule has 6 nitrogen and oxygen atoms in total. The Morgan fingerprint density at radius 3 is 2.89 bits per heavy atom. The second kappa shape index (κ2) is 4.49. The van der Waals surface area contributed by atoms with Crippen LogP contribution in [0.4, 0.5) is 5.69 Å². The normalized spacial score (nSPS) is 15.1. The molecular weight excluding hydrogens is 244 g/mol. The Labute approximate surface area is 108 Å². The van der Waals surface area contributed by atoms with Crippen LogP contribution in [-0.2, 0) is 0 Å². The van der Waals surface area contributed by atoms with Crippen molar-refractivity contribution in [2.45, 2.75) is 0 Å². The number of H-pyrrole nitrogens is 1. The van der Waals surface area contributed by atoms with E-state index in [4.69, 9.17) is 10.2 Å². The van der Waals surface area contributed by atoms with E-state index in [1.165, 1.54) is 6.07 Å². The fraction of sp³-hybridized carbons (Fsp3) is 0.0769. The first-order valence-corrected chi connectivity index (χ1v) is 5.78. The number of guanidine groups is 1. The molecule has 3 rings (SSSR count). The molecule has 6 heteroatoms. The number of anilines is 1. The molecule has 0 aliphatic carbocycles. The van der Waals surface area contributed by atoms with Gasteiger partial charge in [0, 0.05) is 18.8 Å². The summed E-state index contributed by atoms with van der Waals surface area (Å²) in [4.78, 5) is 19.7. The predicted octanol–water partition coefficient (Wildman–Crippen LogP) is 1.14. The number of pyridine rings is 1. The van der Waals surface area contributed by atoms with Crippen LogP contribution in [0.25, 0.3) is 5.70 Å². The quantitative estimate of drug-likeness (QED) is 0.843. The van der Waals surface area contributed by atoms with E-state index >= 15 is 0 Å². The molecule has 1 aliphatic rings. The van der Waals surface area contributed by atoms with E-state index < -0.39 is 0 Å². The van der Waals surface area contributed by atoms with Crippen LogP contribution in [-0.4, -0.2) is 17.5 Å². The van der Waals surface area contributed by atoms with E-state index in [0.29, 0.717) is 24.0 Å². The third kappa shape index (κ3) is 2.15. The van der Waals surface area contributed by atoms with Gasteiger partial charge >= 0.3 is 0 Å². The number of aromatic amines is 1. The number of nitrogens with one attached hydrogen (secondary N) is 1. The van der Waals surface area contributed by atoms with Gasteiger partial charge in [0.05, 0.1) is 12.0 Å². The van der Waals surface area contributed by atoms with Gasteiger partial charge in [-0.1, -0.05) is 0 Å². The zero-order valence-corrected chi connectivity index (χ0v) is 10.0. The summed E-state index contributed by atoms with van der Waals surface area (Å²) in [5, 5.41) is 0. The minimum Gasteiger partial charge on any atom is -0.463 e. The van der Waals surface area contributed by atoms with Crippen LogP contribution in [0.15, 0.2) is 57.0 Å². The lowest BCUT2D eigenvalue weighted by atomic mass is 10.2. The maximum Gasteiger partial charge on any atom is 0.248 e. The van der Waals surface area contributed by atoms with E-state index in [2.05, 4.69) is 9.98 Å². The van der Waals surface area contributed by atoms with E-state index in [-0.39, 0.29) is 5.56 Å². The minimum absolute atomic E-state index is 0.150. The topological polar surface area (TPSA) is 87.6 Å². The van der Waals surface area contributed by atoms with Crippen molar-refractivity contribution in [2.75, 3.05) is 11.4 Å². The average molecular weight is 256 g/mol. The number of aliphatic imine (C=N–C) groups is 1. The number of hydrogen-bond donors (Lipinski definition) is 2. The summed E-state index contributed by atoms with van der Waals surface area (Å²) in [5.74, 6) is 1.05. The van der Waals surface area contributed by atoms with Crippen molar-refractivity contribution in [1.82, 2.24) is 4.98 Å². The SMILES string of the molecule is NC1=NC(c2ccco2)=CCN1c1ccc(=O)[nH]c1. The Morgan fingerprint density at radius 2 is 2.26 bits per heavy atom. The number of aromatic nitrogens is 1. The van der Waals surface area contributed by atoms with Crippen molar-refractivity contribution in [3.8, 4) is 0 Å². The number of hydrogen-bond acceptors (Lipinski definition) is 5. The smallest absolute Gasteiger partial charge is 0.248 e. The number of furan rings is 1. The molecule has 0 unspecified atom stereocenters. The van der Waals surface area contributed by atoms with Crippen molar-refractivity contribution >= 4 is 17.3 Å². The van der Waals surface area contributed by atoms with Gasteiger partial charge in [-0.25, -0.2) is 4.99 Å². The summed E-state index contributed by atoms with van der Waals surface area (Å²) in [6.07, 6.45) is 5.12. The molecule has 0 atom stereocenters. The fourth-order valence-electron chi connectivity index (χ4n) is 1.89. The first-order chi connectivity index (χ1) is 9.24. The highest BCUT2D eigenvalue weighted by Crippen LogP contribution is 2.22. The van der Waals surface area contributed by atoms with Crippen molar-refractivity contribution in [2.24, 2.45) is 10.7 Å². The Morgan fingerprint density at radius 1 is 1.37 bits per heavy atom. The fourth-order valence-corrected chi connectivity index (χ4v) is 1.89. The van der Waals surface area contributed by atoms with Crippen LogP contribution in [0.2, 0.25) is 0 Å². The van der Waals surface area contributed by atoms with Gasteiger partial charge in [0.25, 0.3) is 0 Å². The molecule has 1 aliphatic heterocycles. The van der Waals surface area contributed by atoms with Gasteiger partial charge in [0.2, 0.25) is 11.5 Å². The Hall–Kier alpha value is -2.76. The maximum absolute atomic E-state index is 11.0. The molecule has 2 aromatic rings. The molecule has 96 valence electrons. The molecule has 0 saturated heterocycles. The second-order valence-electron chi connectivity index (χ2n) is 4.06. The van der Waals surface area contributed by atoms with Crippen LogP contribution in [0.1, 0.15) is 5.76 Å². The van der Waals surface area contributed by atoms with Gasteiger partial charge in [0.15, 0.2) is 5.76 Å². The summed E-state index contributed by atoms with van der Waals surface area (Å²) < 4.78 is 5.28. The molecule has 19 heavy (non-hydrogen) atoms. The summed E-state index contributed by atoms with van der Waals surface area (Å²) >= 11 is 0. The third-order valence-electron chi connectivity index (χ3n) is 2.83. The van der Waals surface area contributed by atoms with E-state index in [1.807, 2.05) is 12.1 Å². The zero-order chi connectivity index (χ0) is 13.2. The monoisotopic (exact) mass is 256 g/mol. The molecular formula is C13H12N4O2. The lowest BCUT2D eigenvalue weighted by Crippen LogP contribution is -2.39. The Bertz CT molecular complexity index is 677. The number of nitrogens with two attached hydrogens (primary N) is 1. The molecule has 0 bridgehead atoms.